The summed E-state index contributed by atoms with van der Waals surface area (Å²) < 4.78 is 0. The third-order valence-corrected chi connectivity index (χ3v) is 6.77. The van der Waals surface area contributed by atoms with E-state index in [1.54, 1.807) is 0 Å². The van der Waals surface area contributed by atoms with E-state index in [0.29, 0.717) is 5.92 Å². The molecule has 0 bridgehead atoms. The van der Waals surface area contributed by atoms with E-state index >= 15 is 0 Å². The van der Waals surface area contributed by atoms with Gasteiger partial charge in [-0.05, 0) is 63.0 Å². The van der Waals surface area contributed by atoms with Crippen LogP contribution in [-0.2, 0) is 9.59 Å². The van der Waals surface area contributed by atoms with Crippen molar-refractivity contribution in [3.05, 3.63) is 0 Å². The number of hydrogen-bond donors (Lipinski definition) is 0. The van der Waals surface area contributed by atoms with Crippen LogP contribution in [-0.4, -0.2) is 36.0 Å². The largest absolute Gasteiger partial charge is 0.330 e. The third-order valence-electron chi connectivity index (χ3n) is 6.77. The highest BCUT2D eigenvalue weighted by Gasteiger charge is 2.62. The molecule has 1 saturated heterocycles. The summed E-state index contributed by atoms with van der Waals surface area (Å²) in [6, 6.07) is -0.325. The second kappa shape index (κ2) is 4.90. The number of rotatable bonds is 3. The lowest BCUT2D eigenvalue weighted by molar-refractivity contribution is -0.144. The van der Waals surface area contributed by atoms with Crippen molar-refractivity contribution in [1.29, 1.82) is 0 Å². The van der Waals surface area contributed by atoms with Crippen molar-refractivity contribution in [3.8, 4) is 0 Å². The molecule has 4 fully saturated rings. The average Bonchev–Trinajstić information content (AvgIpc) is 3.45. The molecule has 1 aliphatic heterocycles. The van der Waals surface area contributed by atoms with Gasteiger partial charge in [0.15, 0.2) is 0 Å². The molecule has 0 radical (unpaired) electrons. The Hall–Kier alpha value is -1.19. The van der Waals surface area contributed by atoms with Gasteiger partial charge in [0.05, 0.1) is 5.41 Å². The normalized spacial score (nSPS) is 32.0. The van der Waals surface area contributed by atoms with Crippen molar-refractivity contribution in [3.63, 3.8) is 0 Å². The number of nitrogens with zero attached hydrogens (tertiary/aromatic N) is 2. The molecule has 3 saturated carbocycles. The highest BCUT2D eigenvalue weighted by atomic mass is 16.2. The van der Waals surface area contributed by atoms with Crippen molar-refractivity contribution in [2.24, 2.45) is 21.7 Å². The van der Waals surface area contributed by atoms with Crippen molar-refractivity contribution >= 4 is 18.5 Å². The van der Waals surface area contributed by atoms with Crippen molar-refractivity contribution in [2.45, 2.75) is 70.3 Å². The number of amides is 2. The second-order valence-corrected chi connectivity index (χ2v) is 8.14. The Balaban J connectivity index is 1.55. The van der Waals surface area contributed by atoms with Gasteiger partial charge in [-0.25, -0.2) is 4.99 Å². The smallest absolute Gasteiger partial charge is 0.267 e. The molecule has 0 aromatic heterocycles. The van der Waals surface area contributed by atoms with Gasteiger partial charge in [0.1, 0.15) is 6.04 Å². The molecule has 1 heterocycles. The Kier molecular flexibility index (Phi) is 3.21. The van der Waals surface area contributed by atoms with Crippen LogP contribution in [0.25, 0.3) is 0 Å². The zero-order chi connectivity index (χ0) is 15.4. The van der Waals surface area contributed by atoms with E-state index < -0.39 is 0 Å². The van der Waals surface area contributed by atoms with Crippen molar-refractivity contribution < 1.29 is 9.59 Å². The number of likely N-dealkylation sites (tertiary alicyclic amines) is 1. The van der Waals surface area contributed by atoms with E-state index in [2.05, 4.69) is 11.7 Å². The van der Waals surface area contributed by atoms with E-state index in [4.69, 9.17) is 0 Å². The number of aliphatic imine (C=N–C) groups is 1. The summed E-state index contributed by atoms with van der Waals surface area (Å²) in [5.41, 5.74) is 0.115. The fourth-order valence-electron chi connectivity index (χ4n) is 5.01. The average molecular weight is 302 g/mol. The monoisotopic (exact) mass is 302 g/mol. The van der Waals surface area contributed by atoms with Gasteiger partial charge in [0, 0.05) is 6.54 Å². The van der Waals surface area contributed by atoms with Gasteiger partial charge < -0.3 is 4.90 Å². The first-order valence-electron chi connectivity index (χ1n) is 8.92. The number of carbonyl (C=O) groups is 2. The lowest BCUT2D eigenvalue weighted by atomic mass is 9.77. The summed E-state index contributed by atoms with van der Waals surface area (Å²) >= 11 is 0. The van der Waals surface area contributed by atoms with Gasteiger partial charge in [-0.1, -0.05) is 19.3 Å². The molecule has 4 nitrogen and oxygen atoms in total. The zero-order valence-corrected chi connectivity index (χ0v) is 13.4. The van der Waals surface area contributed by atoms with Crippen LogP contribution >= 0.6 is 0 Å². The zero-order valence-electron chi connectivity index (χ0n) is 13.4. The SMILES string of the molecule is C=NC(=O)[C@@H]1CC2(CC2)CN1C(=O)C1(C2CCCCC2)CC1. The Morgan fingerprint density at radius 2 is 1.73 bits per heavy atom. The van der Waals surface area contributed by atoms with Gasteiger partial charge in [0.25, 0.3) is 5.91 Å². The highest BCUT2D eigenvalue weighted by molar-refractivity contribution is 5.94. The lowest BCUT2D eigenvalue weighted by Crippen LogP contribution is -2.46. The summed E-state index contributed by atoms with van der Waals surface area (Å²) in [5.74, 6) is 0.624. The third kappa shape index (κ3) is 2.14. The lowest BCUT2D eigenvalue weighted by Gasteiger charge is -2.34. The Labute approximate surface area is 132 Å². The molecule has 0 aromatic rings. The summed E-state index contributed by atoms with van der Waals surface area (Å²) in [6.07, 6.45) is 11.4. The Morgan fingerprint density at radius 3 is 2.27 bits per heavy atom. The van der Waals surface area contributed by atoms with E-state index in [-0.39, 0.29) is 28.7 Å². The minimum atomic E-state index is -0.325. The summed E-state index contributed by atoms with van der Waals surface area (Å²) in [6.45, 7) is 4.18. The minimum absolute atomic E-state index is 0.124. The fourth-order valence-corrected chi connectivity index (χ4v) is 5.01. The predicted molar refractivity (Wildman–Crippen MR) is 84.6 cm³/mol. The van der Waals surface area contributed by atoms with Crippen molar-refractivity contribution in [2.75, 3.05) is 6.54 Å². The maximum absolute atomic E-state index is 13.3. The summed E-state index contributed by atoms with van der Waals surface area (Å²) in [7, 11) is 0. The Bertz CT molecular complexity index is 513. The maximum Gasteiger partial charge on any atom is 0.267 e. The molecule has 22 heavy (non-hydrogen) atoms. The van der Waals surface area contributed by atoms with Gasteiger partial charge in [-0.2, -0.15) is 0 Å². The molecule has 1 atom stereocenters. The van der Waals surface area contributed by atoms with Gasteiger partial charge >= 0.3 is 0 Å². The standard InChI is InChI=1S/C18H26N2O2/c1-19-15(21)14-11-17(7-8-17)12-20(14)16(22)18(9-10-18)13-5-3-2-4-6-13/h13-14H,1-12H2/t14-/m0/s1. The first-order valence-corrected chi connectivity index (χ1v) is 8.92. The highest BCUT2D eigenvalue weighted by Crippen LogP contribution is 2.61. The molecule has 120 valence electrons. The van der Waals surface area contributed by atoms with E-state index in [1.807, 2.05) is 4.90 Å². The molecule has 3 aliphatic carbocycles. The maximum atomic E-state index is 13.3. The molecule has 4 aliphatic rings. The topological polar surface area (TPSA) is 49.7 Å². The molecule has 4 rings (SSSR count). The van der Waals surface area contributed by atoms with Crippen LogP contribution in [0.1, 0.15) is 64.2 Å². The second-order valence-electron chi connectivity index (χ2n) is 8.14. The molecular weight excluding hydrogens is 276 g/mol. The number of carbonyl (C=O) groups excluding carboxylic acids is 2. The molecule has 1 spiro atoms. The fraction of sp³-hybridized carbons (Fsp3) is 0.833. The van der Waals surface area contributed by atoms with Crippen LogP contribution in [0.2, 0.25) is 0 Å². The molecule has 0 N–H and O–H groups in total. The number of hydrogen-bond acceptors (Lipinski definition) is 2. The molecule has 0 unspecified atom stereocenters. The van der Waals surface area contributed by atoms with Crippen LogP contribution in [0.5, 0.6) is 0 Å². The molecule has 0 aromatic carbocycles. The van der Waals surface area contributed by atoms with E-state index in [9.17, 15) is 9.59 Å². The molecular formula is C18H26N2O2. The predicted octanol–water partition coefficient (Wildman–Crippen LogP) is 2.96. The molecule has 4 heteroatoms. The van der Waals surface area contributed by atoms with E-state index in [1.165, 1.54) is 32.1 Å². The minimum Gasteiger partial charge on any atom is -0.330 e. The summed E-state index contributed by atoms with van der Waals surface area (Å²) in [5, 5.41) is 0. The van der Waals surface area contributed by atoms with Gasteiger partial charge in [-0.3, -0.25) is 9.59 Å². The van der Waals surface area contributed by atoms with Crippen LogP contribution in [0, 0.1) is 16.7 Å². The van der Waals surface area contributed by atoms with Crippen LogP contribution in [0.3, 0.4) is 0 Å². The van der Waals surface area contributed by atoms with Gasteiger partial charge in [0.2, 0.25) is 5.91 Å². The van der Waals surface area contributed by atoms with Gasteiger partial charge in [-0.15, -0.1) is 0 Å². The van der Waals surface area contributed by atoms with Crippen molar-refractivity contribution in [1.82, 2.24) is 4.90 Å². The quantitative estimate of drug-likeness (QED) is 0.753. The first-order chi connectivity index (χ1) is 10.6. The van der Waals surface area contributed by atoms with Crippen LogP contribution < -0.4 is 0 Å². The van der Waals surface area contributed by atoms with Crippen LogP contribution in [0.15, 0.2) is 4.99 Å². The van der Waals surface area contributed by atoms with E-state index in [0.717, 1.165) is 38.6 Å². The Morgan fingerprint density at radius 1 is 1.05 bits per heavy atom. The molecule has 2 amide bonds. The van der Waals surface area contributed by atoms with Crippen LogP contribution in [0.4, 0.5) is 0 Å². The first kappa shape index (κ1) is 14.4. The summed E-state index contributed by atoms with van der Waals surface area (Å²) in [4.78, 5) is 31.0.